The van der Waals surface area contributed by atoms with E-state index in [1.54, 1.807) is 6.20 Å². The molecule has 0 saturated carbocycles. The van der Waals surface area contributed by atoms with Crippen molar-refractivity contribution in [2.75, 3.05) is 13.6 Å². The zero-order valence-corrected chi connectivity index (χ0v) is 14.3. The van der Waals surface area contributed by atoms with E-state index in [2.05, 4.69) is 10.3 Å². The van der Waals surface area contributed by atoms with Crippen LogP contribution < -0.4 is 5.32 Å². The second-order valence-electron chi connectivity index (χ2n) is 5.57. The SMILES string of the molecule is C[C@H](C(=O)NCc1ccc(Cl)cc1)N(C)CCc1ccccn1. The summed E-state index contributed by atoms with van der Waals surface area (Å²) >= 11 is 5.85. The van der Waals surface area contributed by atoms with E-state index in [0.29, 0.717) is 11.6 Å². The first-order valence-corrected chi connectivity index (χ1v) is 8.06. The van der Waals surface area contributed by atoms with Gasteiger partial charge in [0.15, 0.2) is 0 Å². The van der Waals surface area contributed by atoms with E-state index in [-0.39, 0.29) is 11.9 Å². The molecule has 0 unspecified atom stereocenters. The maximum absolute atomic E-state index is 12.2. The highest BCUT2D eigenvalue weighted by molar-refractivity contribution is 6.30. The second-order valence-corrected chi connectivity index (χ2v) is 6.01. The van der Waals surface area contributed by atoms with Crippen LogP contribution in [0.3, 0.4) is 0 Å². The highest BCUT2D eigenvalue weighted by Gasteiger charge is 2.17. The average Bonchev–Trinajstić information content (AvgIpc) is 2.59. The van der Waals surface area contributed by atoms with Gasteiger partial charge in [-0.15, -0.1) is 0 Å². The standard InChI is InChI=1S/C18H22ClN3O/c1-14(22(2)12-10-17-5-3-4-11-20-17)18(23)21-13-15-6-8-16(19)9-7-15/h3-9,11,14H,10,12-13H2,1-2H3,(H,21,23)/t14-/m1/s1. The topological polar surface area (TPSA) is 45.2 Å². The molecule has 0 aliphatic rings. The van der Waals surface area contributed by atoms with E-state index in [4.69, 9.17) is 11.6 Å². The molecular weight excluding hydrogens is 310 g/mol. The fourth-order valence-corrected chi connectivity index (χ4v) is 2.30. The molecule has 0 aliphatic heterocycles. The lowest BCUT2D eigenvalue weighted by atomic mass is 10.2. The van der Waals surface area contributed by atoms with E-state index >= 15 is 0 Å². The van der Waals surface area contributed by atoms with Gasteiger partial charge in [-0.05, 0) is 43.8 Å². The Morgan fingerprint density at radius 3 is 2.65 bits per heavy atom. The highest BCUT2D eigenvalue weighted by atomic mass is 35.5. The van der Waals surface area contributed by atoms with Crippen LogP contribution in [0.15, 0.2) is 48.7 Å². The number of carbonyl (C=O) groups is 1. The van der Waals surface area contributed by atoms with Crippen molar-refractivity contribution in [3.05, 3.63) is 64.9 Å². The maximum Gasteiger partial charge on any atom is 0.237 e. The van der Waals surface area contributed by atoms with E-state index in [1.165, 1.54) is 0 Å². The van der Waals surface area contributed by atoms with Crippen LogP contribution in [-0.4, -0.2) is 35.4 Å². The molecule has 1 N–H and O–H groups in total. The number of hydrogen-bond donors (Lipinski definition) is 1. The molecule has 1 heterocycles. The molecule has 1 aromatic carbocycles. The molecule has 0 fully saturated rings. The first-order chi connectivity index (χ1) is 11.1. The largest absolute Gasteiger partial charge is 0.351 e. The monoisotopic (exact) mass is 331 g/mol. The predicted octanol–water partition coefficient (Wildman–Crippen LogP) is 2.91. The Kier molecular flexibility index (Phi) is 6.56. The number of nitrogens with one attached hydrogen (secondary N) is 1. The molecule has 5 heteroatoms. The molecule has 0 spiro atoms. The second kappa shape index (κ2) is 8.65. The summed E-state index contributed by atoms with van der Waals surface area (Å²) in [5.41, 5.74) is 2.07. The van der Waals surface area contributed by atoms with Crippen molar-refractivity contribution in [1.29, 1.82) is 0 Å². The van der Waals surface area contributed by atoms with Gasteiger partial charge in [-0.1, -0.05) is 29.8 Å². The minimum absolute atomic E-state index is 0.0171. The minimum Gasteiger partial charge on any atom is -0.351 e. The minimum atomic E-state index is -0.189. The normalized spacial score (nSPS) is 12.2. The van der Waals surface area contributed by atoms with Gasteiger partial charge in [0, 0.05) is 36.4 Å². The smallest absolute Gasteiger partial charge is 0.237 e. The van der Waals surface area contributed by atoms with Crippen LogP contribution in [0.1, 0.15) is 18.2 Å². The van der Waals surface area contributed by atoms with Crippen LogP contribution in [0.4, 0.5) is 0 Å². The quantitative estimate of drug-likeness (QED) is 0.848. The van der Waals surface area contributed by atoms with Gasteiger partial charge in [-0.2, -0.15) is 0 Å². The zero-order valence-electron chi connectivity index (χ0n) is 13.5. The van der Waals surface area contributed by atoms with Crippen molar-refractivity contribution in [2.45, 2.75) is 25.9 Å². The fraction of sp³-hybridized carbons (Fsp3) is 0.333. The lowest BCUT2D eigenvalue weighted by molar-refractivity contribution is -0.125. The number of hydrogen-bond acceptors (Lipinski definition) is 3. The van der Waals surface area contributed by atoms with Crippen LogP contribution in [0.5, 0.6) is 0 Å². The van der Waals surface area contributed by atoms with Crippen LogP contribution in [0.2, 0.25) is 5.02 Å². The van der Waals surface area contributed by atoms with Gasteiger partial charge in [0.1, 0.15) is 0 Å². The summed E-state index contributed by atoms with van der Waals surface area (Å²) in [6.45, 7) is 3.20. The Hall–Kier alpha value is -1.91. The Morgan fingerprint density at radius 2 is 2.00 bits per heavy atom. The molecule has 0 bridgehead atoms. The molecule has 2 aromatic rings. The van der Waals surface area contributed by atoms with E-state index in [1.807, 2.05) is 61.3 Å². The third-order valence-corrected chi connectivity index (χ3v) is 4.12. The number of nitrogens with zero attached hydrogens (tertiary/aromatic N) is 2. The van der Waals surface area contributed by atoms with Crippen LogP contribution in [0, 0.1) is 0 Å². The number of likely N-dealkylation sites (N-methyl/N-ethyl adjacent to an activating group) is 1. The zero-order chi connectivity index (χ0) is 16.7. The number of amides is 1. The number of aromatic nitrogens is 1. The molecule has 122 valence electrons. The Bertz CT molecular complexity index is 616. The van der Waals surface area contributed by atoms with Gasteiger partial charge in [0.25, 0.3) is 0 Å². The van der Waals surface area contributed by atoms with E-state index in [9.17, 15) is 4.79 Å². The number of rotatable bonds is 7. The Labute approximate surface area is 142 Å². The van der Waals surface area contributed by atoms with E-state index in [0.717, 1.165) is 24.2 Å². The summed E-state index contributed by atoms with van der Waals surface area (Å²) in [7, 11) is 1.95. The summed E-state index contributed by atoms with van der Waals surface area (Å²) in [6, 6.07) is 13.2. The van der Waals surface area contributed by atoms with Crippen LogP contribution in [-0.2, 0) is 17.8 Å². The van der Waals surface area contributed by atoms with Gasteiger partial charge in [-0.25, -0.2) is 0 Å². The van der Waals surface area contributed by atoms with Crippen LogP contribution in [0.25, 0.3) is 0 Å². The predicted molar refractivity (Wildman–Crippen MR) is 93.3 cm³/mol. The third-order valence-electron chi connectivity index (χ3n) is 3.87. The van der Waals surface area contributed by atoms with Crippen molar-refractivity contribution in [3.63, 3.8) is 0 Å². The molecular formula is C18H22ClN3O. The van der Waals surface area contributed by atoms with Crippen molar-refractivity contribution in [2.24, 2.45) is 0 Å². The van der Waals surface area contributed by atoms with Crippen molar-refractivity contribution >= 4 is 17.5 Å². The van der Waals surface area contributed by atoms with Gasteiger partial charge in [-0.3, -0.25) is 14.7 Å². The Morgan fingerprint density at radius 1 is 1.26 bits per heavy atom. The van der Waals surface area contributed by atoms with Crippen molar-refractivity contribution in [1.82, 2.24) is 15.2 Å². The van der Waals surface area contributed by atoms with Gasteiger partial charge >= 0.3 is 0 Å². The lowest BCUT2D eigenvalue weighted by Gasteiger charge is -2.23. The number of benzene rings is 1. The summed E-state index contributed by atoms with van der Waals surface area (Å²) in [4.78, 5) is 18.6. The fourth-order valence-electron chi connectivity index (χ4n) is 2.17. The number of pyridine rings is 1. The third kappa shape index (κ3) is 5.66. The molecule has 23 heavy (non-hydrogen) atoms. The first-order valence-electron chi connectivity index (χ1n) is 7.68. The molecule has 0 radical (unpaired) electrons. The van der Waals surface area contributed by atoms with Gasteiger partial charge in [0.05, 0.1) is 6.04 Å². The highest BCUT2D eigenvalue weighted by Crippen LogP contribution is 2.09. The van der Waals surface area contributed by atoms with Crippen LogP contribution >= 0.6 is 11.6 Å². The summed E-state index contributed by atoms with van der Waals surface area (Å²) in [6.07, 6.45) is 2.61. The summed E-state index contributed by atoms with van der Waals surface area (Å²) in [5, 5.41) is 3.65. The first kappa shape index (κ1) is 17.4. The van der Waals surface area contributed by atoms with E-state index < -0.39 is 0 Å². The number of carbonyl (C=O) groups excluding carboxylic acids is 1. The van der Waals surface area contributed by atoms with Gasteiger partial charge < -0.3 is 5.32 Å². The molecule has 0 saturated heterocycles. The average molecular weight is 332 g/mol. The lowest BCUT2D eigenvalue weighted by Crippen LogP contribution is -2.43. The van der Waals surface area contributed by atoms with Crippen molar-refractivity contribution in [3.8, 4) is 0 Å². The van der Waals surface area contributed by atoms with Crippen molar-refractivity contribution < 1.29 is 4.79 Å². The molecule has 0 aliphatic carbocycles. The Balaban J connectivity index is 1.77. The molecule has 1 amide bonds. The summed E-state index contributed by atoms with van der Waals surface area (Å²) < 4.78 is 0. The molecule has 1 atom stereocenters. The maximum atomic E-state index is 12.2. The molecule has 2 rings (SSSR count). The molecule has 1 aromatic heterocycles. The van der Waals surface area contributed by atoms with Gasteiger partial charge in [0.2, 0.25) is 5.91 Å². The summed E-state index contributed by atoms with van der Waals surface area (Å²) in [5.74, 6) is 0.0171. The molecule has 4 nitrogen and oxygen atoms in total. The number of halogens is 1.